The number of alkyl halides is 6. The molecule has 2 aromatic carbocycles. The van der Waals surface area contributed by atoms with E-state index in [9.17, 15) is 65.9 Å². The number of hydrogen-bond donors (Lipinski definition) is 4. The monoisotopic (exact) mass is 820 g/mol. The van der Waals surface area contributed by atoms with Crippen LogP contribution in [0.1, 0.15) is 44.4 Å². The largest absolute Gasteiger partial charge is 0.417 e. The van der Waals surface area contributed by atoms with Crippen LogP contribution in [0.3, 0.4) is 0 Å². The summed E-state index contributed by atoms with van der Waals surface area (Å²) in [4.78, 5) is 56.7. The van der Waals surface area contributed by atoms with E-state index in [0.717, 1.165) is 24.3 Å². The molecule has 6 fully saturated rings. The predicted molar refractivity (Wildman–Crippen MR) is 182 cm³/mol. The Morgan fingerprint density at radius 1 is 0.690 bits per heavy atom. The first-order valence-corrected chi connectivity index (χ1v) is 17.8. The van der Waals surface area contributed by atoms with Crippen molar-refractivity contribution in [3.63, 3.8) is 0 Å². The van der Waals surface area contributed by atoms with Gasteiger partial charge in [-0.3, -0.25) is 19.2 Å². The minimum absolute atomic E-state index is 0.296. The van der Waals surface area contributed by atoms with Crippen molar-refractivity contribution in [2.75, 3.05) is 23.0 Å². The number of aliphatic hydroxyl groups excluding tert-OH is 4. The first kappa shape index (κ1) is 41.2. The van der Waals surface area contributed by atoms with Crippen molar-refractivity contribution in [1.29, 1.82) is 5.26 Å². The van der Waals surface area contributed by atoms with Crippen molar-refractivity contribution in [1.82, 2.24) is 0 Å². The summed E-state index contributed by atoms with van der Waals surface area (Å²) in [6, 6.07) is 6.71. The summed E-state index contributed by atoms with van der Waals surface area (Å²) in [5, 5.41) is 49.4. The van der Waals surface area contributed by atoms with Gasteiger partial charge in [-0.2, -0.15) is 31.6 Å². The third-order valence-electron chi connectivity index (χ3n) is 13.1. The van der Waals surface area contributed by atoms with E-state index in [1.807, 2.05) is 0 Å². The molecule has 0 aliphatic carbocycles. The number of amides is 4. The average molecular weight is 821 g/mol. The fraction of sp³-hybridized carbons (Fsp3) is 0.526. The Hall–Kier alpha value is -4.96. The van der Waals surface area contributed by atoms with Crippen LogP contribution in [0.4, 0.5) is 43.4 Å². The zero-order valence-electron chi connectivity index (χ0n) is 30.8. The highest BCUT2D eigenvalue weighted by Gasteiger charge is 2.80. The van der Waals surface area contributed by atoms with Crippen molar-refractivity contribution < 1.29 is 75.4 Å². The second kappa shape index (κ2) is 12.8. The zero-order valence-corrected chi connectivity index (χ0v) is 30.8. The van der Waals surface area contributed by atoms with Gasteiger partial charge in [-0.15, -0.1) is 0 Å². The lowest BCUT2D eigenvalue weighted by atomic mass is 9.62. The number of anilines is 2. The van der Waals surface area contributed by atoms with Gasteiger partial charge in [-0.25, -0.2) is 14.6 Å². The molecular formula is C38H34F6N4O10. The molecule has 6 aliphatic rings. The summed E-state index contributed by atoms with van der Waals surface area (Å²) >= 11 is 0. The van der Waals surface area contributed by atoms with Crippen molar-refractivity contribution in [3.8, 4) is 6.07 Å². The van der Waals surface area contributed by atoms with E-state index in [1.54, 1.807) is 0 Å². The van der Waals surface area contributed by atoms with E-state index >= 15 is 0 Å². The maximum Gasteiger partial charge on any atom is 0.417 e. The van der Waals surface area contributed by atoms with E-state index in [0.29, 0.717) is 21.9 Å². The summed E-state index contributed by atoms with van der Waals surface area (Å²) in [6.07, 6.45) is -12.1. The van der Waals surface area contributed by atoms with Crippen LogP contribution in [-0.4, -0.2) is 91.9 Å². The van der Waals surface area contributed by atoms with Gasteiger partial charge in [0.1, 0.15) is 11.2 Å². The molecule has 6 heterocycles. The third-order valence-corrected chi connectivity index (χ3v) is 13.1. The number of rotatable bonds is 4. The SMILES string of the molecule is CC12OC(C)([C@@H](CO)[C@@H]1O)[C@H]1C(=O)N(c3ccc(C#N)c(C(F)(F)F)c3)C(=O)[C@H]12.[C-]#[N+]c1ccc(N2C(=O)[C@@H]3[C@H](C2=O)C2(C)OC3(C)[C@H](CO)[C@H]2O)cc1C(F)(F)F. The molecule has 0 aromatic heterocycles. The summed E-state index contributed by atoms with van der Waals surface area (Å²) in [5.74, 6) is -8.98. The van der Waals surface area contributed by atoms with Crippen molar-refractivity contribution >= 4 is 40.7 Å². The molecule has 0 saturated carbocycles. The molecule has 4 amide bonds. The molecule has 4 unspecified atom stereocenters. The third kappa shape index (κ3) is 5.18. The van der Waals surface area contributed by atoms with Gasteiger partial charge in [0.15, 0.2) is 5.69 Å². The van der Waals surface area contributed by atoms with Crippen LogP contribution in [0.25, 0.3) is 4.85 Å². The van der Waals surface area contributed by atoms with Crippen molar-refractivity contribution in [2.45, 2.75) is 74.7 Å². The zero-order chi connectivity index (χ0) is 43.0. The number of fused-ring (bicyclic) bond motifs is 10. The molecule has 4 bridgehead atoms. The minimum Gasteiger partial charge on any atom is -0.396 e. The number of nitrogens with zero attached hydrogens (tertiary/aromatic N) is 4. The lowest BCUT2D eigenvalue weighted by Crippen LogP contribution is -2.55. The summed E-state index contributed by atoms with van der Waals surface area (Å²) in [6.45, 7) is 11.9. The van der Waals surface area contributed by atoms with Crippen LogP contribution in [-0.2, 0) is 41.0 Å². The number of nitriles is 1. The van der Waals surface area contributed by atoms with Crippen molar-refractivity contribution in [2.24, 2.45) is 35.5 Å². The molecule has 8 rings (SSSR count). The Morgan fingerprint density at radius 3 is 1.40 bits per heavy atom. The number of imide groups is 2. The van der Waals surface area contributed by atoms with E-state index < -0.39 is 142 Å². The first-order chi connectivity index (χ1) is 26.8. The van der Waals surface area contributed by atoms with Gasteiger partial charge in [-0.1, -0.05) is 6.07 Å². The molecule has 0 radical (unpaired) electrons. The molecule has 4 N–H and O–H groups in total. The molecule has 2 aromatic rings. The number of benzene rings is 2. The van der Waals surface area contributed by atoms with Crippen LogP contribution in [0.5, 0.6) is 0 Å². The molecule has 12 atom stereocenters. The summed E-state index contributed by atoms with van der Waals surface area (Å²) < 4.78 is 91.6. The van der Waals surface area contributed by atoms with Gasteiger partial charge < -0.3 is 29.9 Å². The van der Waals surface area contributed by atoms with E-state index in [1.165, 1.54) is 33.8 Å². The van der Waals surface area contributed by atoms with Gasteiger partial charge in [0, 0.05) is 17.5 Å². The second-order valence-electron chi connectivity index (χ2n) is 16.0. The highest BCUT2D eigenvalue weighted by atomic mass is 19.4. The molecule has 58 heavy (non-hydrogen) atoms. The Balaban J connectivity index is 0.000000177. The maximum absolute atomic E-state index is 13.3. The summed E-state index contributed by atoms with van der Waals surface area (Å²) in [5.41, 5.74) is -9.93. The number of carbonyl (C=O) groups is 4. The van der Waals surface area contributed by atoms with Gasteiger partial charge in [0.2, 0.25) is 23.6 Å². The standard InChI is InChI=1S/2C19H17F3N2O5/c1-17-10(7-25)14(26)18(2,29-17)13-12(17)15(27)24(16(13)28)8-4-5-11(23-3)9(6-8)19(20,21)22;1-17-11(7-25)14(26)18(2,29-17)13-12(17)15(27)24(16(13)28)9-4-3-8(6-23)10(5-9)19(20,21)22/h4-6,10,12-14,25-26H,7H2,1-2H3;3-5,11-14,25-26H,7H2,1-2H3/t10-,12+,13-,14-,17?,18?;11-,12+,13-,14-,17?,18?/m10/s1. The van der Waals surface area contributed by atoms with Crippen LogP contribution < -0.4 is 9.80 Å². The molecule has 6 aliphatic heterocycles. The van der Waals surface area contributed by atoms with Gasteiger partial charge >= 0.3 is 12.4 Å². The number of hydrogen-bond acceptors (Lipinski definition) is 11. The van der Waals surface area contributed by atoms with Crippen LogP contribution in [0.15, 0.2) is 36.4 Å². The topological polar surface area (TPSA) is 202 Å². The normalized spacial score (nSPS) is 38.5. The lowest BCUT2D eigenvalue weighted by Gasteiger charge is -2.37. The van der Waals surface area contributed by atoms with E-state index in [4.69, 9.17) is 21.3 Å². The van der Waals surface area contributed by atoms with Crippen LogP contribution >= 0.6 is 0 Å². The van der Waals surface area contributed by atoms with Gasteiger partial charge in [0.05, 0.1) is 95.3 Å². The van der Waals surface area contributed by atoms with Gasteiger partial charge in [0.25, 0.3) is 0 Å². The second-order valence-corrected chi connectivity index (χ2v) is 16.0. The molecule has 14 nitrogen and oxygen atoms in total. The predicted octanol–water partition coefficient (Wildman–Crippen LogP) is 3.11. The fourth-order valence-electron chi connectivity index (χ4n) is 10.4. The molecule has 20 heteroatoms. The van der Waals surface area contributed by atoms with Crippen LogP contribution in [0.2, 0.25) is 0 Å². The number of carbonyl (C=O) groups excluding carboxylic acids is 4. The quantitative estimate of drug-likeness (QED) is 0.201. The highest BCUT2D eigenvalue weighted by molar-refractivity contribution is 6.24. The Labute approximate surface area is 325 Å². The molecule has 308 valence electrons. The van der Waals surface area contributed by atoms with Gasteiger partial charge in [-0.05, 0) is 58.0 Å². The van der Waals surface area contributed by atoms with E-state index in [2.05, 4.69) is 4.85 Å². The fourth-order valence-corrected chi connectivity index (χ4v) is 10.4. The number of halogens is 6. The lowest BCUT2D eigenvalue weighted by molar-refractivity contribution is -0.138. The minimum atomic E-state index is -4.85. The Kier molecular flexibility index (Phi) is 9.07. The molecule has 0 spiro atoms. The maximum atomic E-state index is 13.3. The highest BCUT2D eigenvalue weighted by Crippen LogP contribution is 2.64. The Morgan fingerprint density at radius 2 is 1.05 bits per heavy atom. The smallest absolute Gasteiger partial charge is 0.396 e. The molecule has 6 saturated heterocycles. The summed E-state index contributed by atoms with van der Waals surface area (Å²) in [7, 11) is 0. The first-order valence-electron chi connectivity index (χ1n) is 17.8. The molecular weight excluding hydrogens is 786 g/mol. The number of ether oxygens (including phenoxy) is 2. The number of aliphatic hydroxyl groups is 4. The average Bonchev–Trinajstić information content (AvgIpc) is 3.86. The van der Waals surface area contributed by atoms with Crippen LogP contribution in [0, 0.1) is 53.4 Å². The van der Waals surface area contributed by atoms with E-state index in [-0.39, 0.29) is 11.4 Å². The Bertz CT molecular complexity index is 2100. The van der Waals surface area contributed by atoms with Crippen molar-refractivity contribution in [3.05, 3.63) is 64.5 Å².